The molecule has 0 aliphatic heterocycles. The number of amides is 2. The Morgan fingerprint density at radius 1 is 0.957 bits per heavy atom. The van der Waals surface area contributed by atoms with Crippen molar-refractivity contribution in [2.24, 2.45) is 0 Å². The predicted molar refractivity (Wildman–Crippen MR) is 99.7 cm³/mol. The first kappa shape index (κ1) is 17.6. The molecule has 23 heavy (non-hydrogen) atoms. The molecule has 2 amide bonds. The van der Waals surface area contributed by atoms with Gasteiger partial charge in [0.2, 0.25) is 11.8 Å². The van der Waals surface area contributed by atoms with Gasteiger partial charge in [-0.15, -0.1) is 11.8 Å². The van der Waals surface area contributed by atoms with E-state index in [9.17, 15) is 9.59 Å². The lowest BCUT2D eigenvalue weighted by molar-refractivity contribution is -0.114. The average molecular weight is 393 g/mol. The van der Waals surface area contributed by atoms with Crippen LogP contribution in [0.25, 0.3) is 0 Å². The highest BCUT2D eigenvalue weighted by Gasteiger charge is 2.04. The van der Waals surface area contributed by atoms with Gasteiger partial charge in [-0.3, -0.25) is 9.59 Å². The lowest BCUT2D eigenvalue weighted by Gasteiger charge is -2.07. The maximum absolute atomic E-state index is 11.9. The standard InChI is InChI=1S/C17H17BrN2O2S/c1-12(21)19-15-6-8-16(9-7-15)20-17(22)11-23-10-13-2-4-14(18)5-3-13/h2-9H,10-11H2,1H3,(H,19,21)(H,20,22). The number of thioether (sulfide) groups is 1. The van der Waals surface area contributed by atoms with Crippen LogP contribution in [0, 0.1) is 0 Å². The number of hydrogen-bond acceptors (Lipinski definition) is 3. The van der Waals surface area contributed by atoms with E-state index in [0.717, 1.165) is 10.2 Å². The first-order chi connectivity index (χ1) is 11.0. The Balaban J connectivity index is 1.76. The smallest absolute Gasteiger partial charge is 0.234 e. The van der Waals surface area contributed by atoms with Gasteiger partial charge in [-0.25, -0.2) is 0 Å². The van der Waals surface area contributed by atoms with Crippen molar-refractivity contribution in [1.29, 1.82) is 0 Å². The van der Waals surface area contributed by atoms with Crippen LogP contribution in [0.4, 0.5) is 11.4 Å². The Morgan fingerprint density at radius 2 is 1.52 bits per heavy atom. The molecule has 4 nitrogen and oxygen atoms in total. The predicted octanol–water partition coefficient (Wildman–Crippen LogP) is 4.28. The zero-order valence-electron chi connectivity index (χ0n) is 12.6. The van der Waals surface area contributed by atoms with Crippen LogP contribution in [0.3, 0.4) is 0 Å². The number of carbonyl (C=O) groups is 2. The van der Waals surface area contributed by atoms with Crippen molar-refractivity contribution in [1.82, 2.24) is 0 Å². The summed E-state index contributed by atoms with van der Waals surface area (Å²) in [6.45, 7) is 1.46. The molecule has 0 saturated carbocycles. The fourth-order valence-electron chi connectivity index (χ4n) is 1.88. The number of rotatable bonds is 6. The molecule has 120 valence electrons. The minimum atomic E-state index is -0.119. The summed E-state index contributed by atoms with van der Waals surface area (Å²) in [5, 5.41) is 5.52. The van der Waals surface area contributed by atoms with E-state index in [1.165, 1.54) is 12.5 Å². The van der Waals surface area contributed by atoms with Gasteiger partial charge in [-0.1, -0.05) is 28.1 Å². The zero-order valence-corrected chi connectivity index (χ0v) is 15.0. The molecule has 0 aliphatic carbocycles. The summed E-state index contributed by atoms with van der Waals surface area (Å²) in [7, 11) is 0. The minimum absolute atomic E-state index is 0.0422. The SMILES string of the molecule is CC(=O)Nc1ccc(NC(=O)CSCc2ccc(Br)cc2)cc1. The van der Waals surface area contributed by atoms with Crippen LogP contribution in [0.2, 0.25) is 0 Å². The molecule has 6 heteroatoms. The highest BCUT2D eigenvalue weighted by molar-refractivity contribution is 9.10. The van der Waals surface area contributed by atoms with Gasteiger partial charge in [0.15, 0.2) is 0 Å². The van der Waals surface area contributed by atoms with Gasteiger partial charge in [-0.2, -0.15) is 0 Å². The molecule has 0 bridgehead atoms. The van der Waals surface area contributed by atoms with Crippen LogP contribution in [-0.4, -0.2) is 17.6 Å². The number of halogens is 1. The largest absolute Gasteiger partial charge is 0.326 e. The number of hydrogen-bond donors (Lipinski definition) is 2. The zero-order chi connectivity index (χ0) is 16.7. The van der Waals surface area contributed by atoms with Crippen LogP contribution >= 0.6 is 27.7 Å². The molecule has 0 spiro atoms. The molecule has 0 aliphatic rings. The van der Waals surface area contributed by atoms with Crippen molar-refractivity contribution in [3.63, 3.8) is 0 Å². The summed E-state index contributed by atoms with van der Waals surface area (Å²) in [6, 6.07) is 15.1. The second-order valence-corrected chi connectivity index (χ2v) is 6.83. The fourth-order valence-corrected chi connectivity index (χ4v) is 2.93. The van der Waals surface area contributed by atoms with E-state index in [0.29, 0.717) is 17.1 Å². The maximum Gasteiger partial charge on any atom is 0.234 e. The van der Waals surface area contributed by atoms with Crippen LogP contribution in [0.1, 0.15) is 12.5 Å². The van der Waals surface area contributed by atoms with Crippen LogP contribution in [0.5, 0.6) is 0 Å². The van der Waals surface area contributed by atoms with Crippen LogP contribution < -0.4 is 10.6 Å². The topological polar surface area (TPSA) is 58.2 Å². The summed E-state index contributed by atoms with van der Waals surface area (Å²) in [5.74, 6) is 1.02. The van der Waals surface area contributed by atoms with Gasteiger partial charge in [0.25, 0.3) is 0 Å². The molecule has 2 aromatic carbocycles. The molecular weight excluding hydrogens is 376 g/mol. The van der Waals surface area contributed by atoms with Crippen LogP contribution in [-0.2, 0) is 15.3 Å². The average Bonchev–Trinajstić information content (AvgIpc) is 2.51. The van der Waals surface area contributed by atoms with Crippen molar-refractivity contribution in [2.75, 3.05) is 16.4 Å². The lowest BCUT2D eigenvalue weighted by Crippen LogP contribution is -2.14. The van der Waals surface area contributed by atoms with Crippen molar-refractivity contribution in [3.05, 3.63) is 58.6 Å². The lowest BCUT2D eigenvalue weighted by atomic mass is 10.2. The molecule has 0 radical (unpaired) electrons. The second-order valence-electron chi connectivity index (χ2n) is 4.93. The molecular formula is C17H17BrN2O2S. The molecule has 0 aromatic heterocycles. The van der Waals surface area contributed by atoms with E-state index in [4.69, 9.17) is 0 Å². The van der Waals surface area contributed by atoms with E-state index in [-0.39, 0.29) is 11.8 Å². The molecule has 0 heterocycles. The van der Waals surface area contributed by atoms with E-state index in [1.54, 1.807) is 36.0 Å². The van der Waals surface area contributed by atoms with Crippen molar-refractivity contribution >= 4 is 50.9 Å². The first-order valence-electron chi connectivity index (χ1n) is 7.02. The second kappa shape index (κ2) is 8.74. The highest BCUT2D eigenvalue weighted by Crippen LogP contribution is 2.17. The summed E-state index contributed by atoms with van der Waals surface area (Å²) in [5.41, 5.74) is 2.61. The highest BCUT2D eigenvalue weighted by atomic mass is 79.9. The molecule has 0 saturated heterocycles. The quantitative estimate of drug-likeness (QED) is 0.770. The number of benzene rings is 2. The Hall–Kier alpha value is -1.79. The van der Waals surface area contributed by atoms with Gasteiger partial charge in [-0.05, 0) is 42.0 Å². The molecule has 2 N–H and O–H groups in total. The monoisotopic (exact) mass is 392 g/mol. The summed E-state index contributed by atoms with van der Waals surface area (Å²) < 4.78 is 1.05. The molecule has 0 fully saturated rings. The van der Waals surface area contributed by atoms with Crippen LogP contribution in [0.15, 0.2) is 53.0 Å². The Labute approximate surface area is 148 Å². The number of carbonyl (C=O) groups excluding carboxylic acids is 2. The fraction of sp³-hybridized carbons (Fsp3) is 0.176. The van der Waals surface area contributed by atoms with Gasteiger partial charge in [0.05, 0.1) is 5.75 Å². The third-order valence-corrected chi connectivity index (χ3v) is 4.44. The third-order valence-electron chi connectivity index (χ3n) is 2.90. The van der Waals surface area contributed by atoms with E-state index >= 15 is 0 Å². The van der Waals surface area contributed by atoms with E-state index < -0.39 is 0 Å². The number of nitrogens with one attached hydrogen (secondary N) is 2. The van der Waals surface area contributed by atoms with Gasteiger partial charge < -0.3 is 10.6 Å². The molecule has 0 atom stereocenters. The first-order valence-corrected chi connectivity index (χ1v) is 8.97. The van der Waals surface area contributed by atoms with Gasteiger partial charge in [0, 0.05) is 28.5 Å². The normalized spacial score (nSPS) is 10.2. The van der Waals surface area contributed by atoms with Crippen molar-refractivity contribution in [3.8, 4) is 0 Å². The summed E-state index contributed by atoms with van der Waals surface area (Å²) >= 11 is 4.96. The Kier molecular flexibility index (Phi) is 6.67. The summed E-state index contributed by atoms with van der Waals surface area (Å²) in [4.78, 5) is 22.9. The summed E-state index contributed by atoms with van der Waals surface area (Å²) in [6.07, 6.45) is 0. The maximum atomic E-state index is 11.9. The molecule has 2 rings (SSSR count). The molecule has 0 unspecified atom stereocenters. The minimum Gasteiger partial charge on any atom is -0.326 e. The van der Waals surface area contributed by atoms with Crippen molar-refractivity contribution < 1.29 is 9.59 Å². The third kappa shape index (κ3) is 6.46. The van der Waals surface area contributed by atoms with E-state index in [2.05, 4.69) is 26.6 Å². The van der Waals surface area contributed by atoms with Crippen molar-refractivity contribution in [2.45, 2.75) is 12.7 Å². The Bertz CT molecular complexity index is 672. The molecule has 2 aromatic rings. The number of anilines is 2. The Morgan fingerprint density at radius 3 is 2.09 bits per heavy atom. The van der Waals surface area contributed by atoms with E-state index in [1.807, 2.05) is 24.3 Å². The van der Waals surface area contributed by atoms with Gasteiger partial charge in [0.1, 0.15) is 0 Å². The van der Waals surface area contributed by atoms with Gasteiger partial charge >= 0.3 is 0 Å².